The number of benzene rings is 1. The lowest BCUT2D eigenvalue weighted by molar-refractivity contribution is 0.179. The van der Waals surface area contributed by atoms with E-state index in [-0.39, 0.29) is 0 Å². The first-order valence-electron chi connectivity index (χ1n) is 7.02. The van der Waals surface area contributed by atoms with Crippen molar-refractivity contribution in [2.75, 3.05) is 19.0 Å². The van der Waals surface area contributed by atoms with Crippen LogP contribution >= 0.6 is 0 Å². The molecule has 5 heteroatoms. The molecule has 0 spiro atoms. The molecule has 1 heterocycles. The monoisotopic (exact) mass is 272 g/mol. The largest absolute Gasteiger partial charge is 0.383 e. The second-order valence-corrected chi connectivity index (χ2v) is 5.34. The predicted octanol–water partition coefficient (Wildman–Crippen LogP) is 2.16. The van der Waals surface area contributed by atoms with Gasteiger partial charge in [-0.3, -0.25) is 0 Å². The Balaban J connectivity index is 1.67. The summed E-state index contributed by atoms with van der Waals surface area (Å²) in [5, 5.41) is 7.73. The summed E-state index contributed by atoms with van der Waals surface area (Å²) in [6.07, 6.45) is 5.90. The molecule has 0 radical (unpaired) electrons. The molecule has 20 heavy (non-hydrogen) atoms. The third-order valence-corrected chi connectivity index (χ3v) is 3.63. The van der Waals surface area contributed by atoms with Crippen molar-refractivity contribution in [3.05, 3.63) is 42.5 Å². The lowest BCUT2D eigenvalue weighted by Crippen LogP contribution is -2.27. The molecule has 0 saturated heterocycles. The normalized spacial score (nSPS) is 16.1. The summed E-state index contributed by atoms with van der Waals surface area (Å²) >= 11 is 0. The molecule has 1 aromatic carbocycles. The lowest BCUT2D eigenvalue weighted by atomic mass is 10.1. The first kappa shape index (κ1) is 13.1. The van der Waals surface area contributed by atoms with E-state index in [0.29, 0.717) is 6.04 Å². The van der Waals surface area contributed by atoms with Crippen LogP contribution in [0.25, 0.3) is 0 Å². The van der Waals surface area contributed by atoms with Gasteiger partial charge in [-0.05, 0) is 36.5 Å². The van der Waals surface area contributed by atoms with E-state index in [0.717, 1.165) is 24.8 Å². The van der Waals surface area contributed by atoms with Crippen molar-refractivity contribution in [2.45, 2.75) is 25.4 Å². The maximum atomic E-state index is 5.31. The highest BCUT2D eigenvalue weighted by Gasteiger charge is 2.31. The standard InChI is InChI=1S/C15H20N4O/c1-20-9-15(13-5-6-13)18-14-4-2-3-12(7-14)8-19-11-16-10-17-19/h2-4,7,10-11,13,15,18H,5-6,8-9H2,1H3. The van der Waals surface area contributed by atoms with Gasteiger partial charge in [-0.25, -0.2) is 9.67 Å². The molecule has 1 aliphatic carbocycles. The van der Waals surface area contributed by atoms with Crippen LogP contribution in [0.4, 0.5) is 5.69 Å². The highest BCUT2D eigenvalue weighted by molar-refractivity contribution is 5.47. The predicted molar refractivity (Wildman–Crippen MR) is 77.6 cm³/mol. The highest BCUT2D eigenvalue weighted by Crippen LogP contribution is 2.34. The van der Waals surface area contributed by atoms with E-state index < -0.39 is 0 Å². The van der Waals surface area contributed by atoms with Crippen molar-refractivity contribution < 1.29 is 4.74 Å². The molecule has 106 valence electrons. The molecule has 1 fully saturated rings. The Bertz CT molecular complexity index is 537. The number of methoxy groups -OCH3 is 1. The number of rotatable bonds is 7. The number of aromatic nitrogens is 3. The maximum Gasteiger partial charge on any atom is 0.137 e. The third-order valence-electron chi connectivity index (χ3n) is 3.63. The van der Waals surface area contributed by atoms with Gasteiger partial charge in [0, 0.05) is 12.8 Å². The Hall–Kier alpha value is -1.88. The summed E-state index contributed by atoms with van der Waals surface area (Å²) < 4.78 is 7.13. The number of nitrogens with zero attached hydrogens (tertiary/aromatic N) is 3. The van der Waals surface area contributed by atoms with E-state index in [9.17, 15) is 0 Å². The summed E-state index contributed by atoms with van der Waals surface area (Å²) in [4.78, 5) is 3.96. The zero-order chi connectivity index (χ0) is 13.8. The SMILES string of the molecule is COCC(Nc1cccc(Cn2cncn2)c1)C1CC1. The van der Waals surface area contributed by atoms with E-state index in [4.69, 9.17) is 4.74 Å². The van der Waals surface area contributed by atoms with Crippen LogP contribution in [0.3, 0.4) is 0 Å². The molecular formula is C15H20N4O. The van der Waals surface area contributed by atoms with Crippen molar-refractivity contribution in [3.63, 3.8) is 0 Å². The molecule has 1 aromatic heterocycles. The van der Waals surface area contributed by atoms with Crippen LogP contribution in [0.1, 0.15) is 18.4 Å². The Morgan fingerprint density at radius 3 is 3.05 bits per heavy atom. The summed E-state index contributed by atoms with van der Waals surface area (Å²) in [6, 6.07) is 8.88. The average Bonchev–Trinajstić information content (AvgIpc) is 3.18. The number of nitrogens with one attached hydrogen (secondary N) is 1. The Morgan fingerprint density at radius 1 is 1.45 bits per heavy atom. The van der Waals surface area contributed by atoms with Crippen LogP contribution in [0.15, 0.2) is 36.9 Å². The van der Waals surface area contributed by atoms with Gasteiger partial charge in [-0.15, -0.1) is 0 Å². The summed E-state index contributed by atoms with van der Waals surface area (Å²) in [5.41, 5.74) is 2.36. The second-order valence-electron chi connectivity index (χ2n) is 5.34. The van der Waals surface area contributed by atoms with Gasteiger partial charge < -0.3 is 10.1 Å². The maximum absolute atomic E-state index is 5.31. The molecule has 5 nitrogen and oxygen atoms in total. The molecule has 0 bridgehead atoms. The molecule has 1 unspecified atom stereocenters. The molecule has 3 rings (SSSR count). The highest BCUT2D eigenvalue weighted by atomic mass is 16.5. The topological polar surface area (TPSA) is 52.0 Å². The van der Waals surface area contributed by atoms with Gasteiger partial charge in [0.25, 0.3) is 0 Å². The van der Waals surface area contributed by atoms with Crippen LogP contribution < -0.4 is 5.32 Å². The van der Waals surface area contributed by atoms with E-state index in [1.807, 2.05) is 4.68 Å². The van der Waals surface area contributed by atoms with Crippen molar-refractivity contribution in [1.82, 2.24) is 14.8 Å². The van der Waals surface area contributed by atoms with Gasteiger partial charge in [-0.2, -0.15) is 5.10 Å². The quantitative estimate of drug-likeness (QED) is 0.839. The Labute approximate surface area is 119 Å². The second kappa shape index (κ2) is 6.05. The zero-order valence-electron chi connectivity index (χ0n) is 11.7. The van der Waals surface area contributed by atoms with Crippen LogP contribution in [-0.2, 0) is 11.3 Å². The van der Waals surface area contributed by atoms with E-state index in [1.54, 1.807) is 19.8 Å². The van der Waals surface area contributed by atoms with E-state index >= 15 is 0 Å². The molecule has 0 aliphatic heterocycles. The first-order valence-corrected chi connectivity index (χ1v) is 7.02. The minimum atomic E-state index is 0.418. The van der Waals surface area contributed by atoms with Gasteiger partial charge >= 0.3 is 0 Å². The summed E-state index contributed by atoms with van der Waals surface area (Å²) in [7, 11) is 1.76. The zero-order valence-corrected chi connectivity index (χ0v) is 11.7. The van der Waals surface area contributed by atoms with Gasteiger partial charge in [0.1, 0.15) is 12.7 Å². The molecular weight excluding hydrogens is 252 g/mol. The molecule has 2 aromatic rings. The minimum absolute atomic E-state index is 0.418. The Morgan fingerprint density at radius 2 is 2.35 bits per heavy atom. The Kier molecular flexibility index (Phi) is 3.97. The molecule has 1 atom stereocenters. The van der Waals surface area contributed by atoms with Crippen molar-refractivity contribution in [1.29, 1.82) is 0 Å². The number of hydrogen-bond acceptors (Lipinski definition) is 4. The van der Waals surface area contributed by atoms with Crippen LogP contribution in [0.5, 0.6) is 0 Å². The van der Waals surface area contributed by atoms with E-state index in [1.165, 1.54) is 18.4 Å². The molecule has 1 aliphatic rings. The van der Waals surface area contributed by atoms with Crippen LogP contribution in [0.2, 0.25) is 0 Å². The molecule has 0 amide bonds. The van der Waals surface area contributed by atoms with Gasteiger partial charge in [0.15, 0.2) is 0 Å². The minimum Gasteiger partial charge on any atom is -0.383 e. The summed E-state index contributed by atoms with van der Waals surface area (Å²) in [5.74, 6) is 0.758. The van der Waals surface area contributed by atoms with Crippen molar-refractivity contribution in [3.8, 4) is 0 Å². The summed E-state index contributed by atoms with van der Waals surface area (Å²) in [6.45, 7) is 1.51. The van der Waals surface area contributed by atoms with Crippen LogP contribution in [-0.4, -0.2) is 34.5 Å². The fourth-order valence-electron chi connectivity index (χ4n) is 2.45. The number of hydrogen-bond donors (Lipinski definition) is 1. The van der Waals surface area contributed by atoms with Crippen molar-refractivity contribution in [2.24, 2.45) is 5.92 Å². The first-order chi connectivity index (χ1) is 9.85. The fraction of sp³-hybridized carbons (Fsp3) is 0.467. The number of anilines is 1. The van der Waals surface area contributed by atoms with Gasteiger partial charge in [0.2, 0.25) is 0 Å². The van der Waals surface area contributed by atoms with Crippen LogP contribution in [0, 0.1) is 5.92 Å². The smallest absolute Gasteiger partial charge is 0.137 e. The van der Waals surface area contributed by atoms with Gasteiger partial charge in [0.05, 0.1) is 19.2 Å². The fourth-order valence-corrected chi connectivity index (χ4v) is 2.45. The number of ether oxygens (including phenoxy) is 1. The van der Waals surface area contributed by atoms with Gasteiger partial charge in [-0.1, -0.05) is 12.1 Å². The molecule has 1 N–H and O–H groups in total. The lowest BCUT2D eigenvalue weighted by Gasteiger charge is -2.19. The van der Waals surface area contributed by atoms with E-state index in [2.05, 4.69) is 39.7 Å². The van der Waals surface area contributed by atoms with Crippen molar-refractivity contribution >= 4 is 5.69 Å². The third kappa shape index (κ3) is 3.36. The molecule has 1 saturated carbocycles. The average molecular weight is 272 g/mol.